The first-order chi connectivity index (χ1) is 8.11. The molecule has 2 unspecified atom stereocenters. The Morgan fingerprint density at radius 3 is 2.82 bits per heavy atom. The van der Waals surface area contributed by atoms with Crippen molar-refractivity contribution in [2.75, 3.05) is 26.7 Å². The molecule has 3 aliphatic rings. The number of rotatable bonds is 2. The van der Waals surface area contributed by atoms with Crippen LogP contribution in [0.1, 0.15) is 32.6 Å². The number of piperidine rings is 1. The molecule has 3 fully saturated rings. The summed E-state index contributed by atoms with van der Waals surface area (Å²) < 4.78 is 0. The Hall–Kier alpha value is -0.610. The van der Waals surface area contributed by atoms with Gasteiger partial charge >= 0.3 is 0 Å². The fraction of sp³-hybridized carbons (Fsp3) is 0.923. The van der Waals surface area contributed by atoms with Gasteiger partial charge in [-0.1, -0.05) is 0 Å². The smallest absolute Gasteiger partial charge is 0.244 e. The Balaban J connectivity index is 1.63. The van der Waals surface area contributed by atoms with Crippen LogP contribution in [-0.4, -0.2) is 54.1 Å². The van der Waals surface area contributed by atoms with Crippen molar-refractivity contribution in [3.8, 4) is 0 Å². The van der Waals surface area contributed by atoms with E-state index in [2.05, 4.69) is 29.1 Å². The second-order valence-corrected chi connectivity index (χ2v) is 6.13. The van der Waals surface area contributed by atoms with Gasteiger partial charge in [-0.25, -0.2) is 0 Å². The minimum atomic E-state index is -0.139. The fourth-order valence-electron chi connectivity index (χ4n) is 3.41. The van der Waals surface area contributed by atoms with E-state index in [-0.39, 0.29) is 11.7 Å². The molecule has 1 N–H and O–H groups in total. The third-order valence-electron chi connectivity index (χ3n) is 4.55. The summed E-state index contributed by atoms with van der Waals surface area (Å²) in [4.78, 5) is 16.8. The lowest BCUT2D eigenvalue weighted by Crippen LogP contribution is -2.43. The van der Waals surface area contributed by atoms with Gasteiger partial charge in [-0.3, -0.25) is 10.1 Å². The first-order valence-electron chi connectivity index (χ1n) is 6.88. The normalized spacial score (nSPS) is 36.8. The van der Waals surface area contributed by atoms with Gasteiger partial charge in [0, 0.05) is 13.1 Å². The number of hydrogen-bond acceptors (Lipinski definition) is 3. The highest BCUT2D eigenvalue weighted by Gasteiger charge is 2.58. The predicted octanol–water partition coefficient (Wildman–Crippen LogP) is 0.639. The van der Waals surface area contributed by atoms with Crippen LogP contribution in [0, 0.1) is 5.92 Å². The summed E-state index contributed by atoms with van der Waals surface area (Å²) in [5.41, 5.74) is -0.139. The summed E-state index contributed by atoms with van der Waals surface area (Å²) in [6.45, 7) is 5.42. The minimum absolute atomic E-state index is 0.139. The summed E-state index contributed by atoms with van der Waals surface area (Å²) in [6, 6.07) is 0. The molecule has 2 saturated heterocycles. The van der Waals surface area contributed by atoms with E-state index >= 15 is 0 Å². The molecule has 2 atom stereocenters. The lowest BCUT2D eigenvalue weighted by Gasteiger charge is -2.33. The molecule has 4 nitrogen and oxygen atoms in total. The van der Waals surface area contributed by atoms with Crippen LogP contribution in [0.15, 0.2) is 0 Å². The van der Waals surface area contributed by atoms with Crippen LogP contribution in [-0.2, 0) is 4.79 Å². The third kappa shape index (κ3) is 1.97. The summed E-state index contributed by atoms with van der Waals surface area (Å²) in [5, 5.41) is 3.47. The van der Waals surface area contributed by atoms with E-state index in [1.54, 1.807) is 0 Å². The maximum Gasteiger partial charge on any atom is 0.244 e. The Morgan fingerprint density at radius 1 is 1.47 bits per heavy atom. The van der Waals surface area contributed by atoms with E-state index in [1.807, 2.05) is 0 Å². The first kappa shape index (κ1) is 11.5. The molecule has 0 aromatic rings. The monoisotopic (exact) mass is 237 g/mol. The average Bonchev–Trinajstić information content (AvgIpc) is 3.01. The summed E-state index contributed by atoms with van der Waals surface area (Å²) >= 11 is 0. The Kier molecular flexibility index (Phi) is 2.67. The topological polar surface area (TPSA) is 35.6 Å². The molecule has 4 heteroatoms. The van der Waals surface area contributed by atoms with Gasteiger partial charge in [0.05, 0.1) is 11.7 Å². The molecule has 2 heterocycles. The molecule has 96 valence electrons. The summed E-state index contributed by atoms with van der Waals surface area (Å²) in [6.07, 6.45) is 4.86. The molecule has 2 aliphatic heterocycles. The van der Waals surface area contributed by atoms with Crippen molar-refractivity contribution in [1.82, 2.24) is 15.1 Å². The predicted molar refractivity (Wildman–Crippen MR) is 66.5 cm³/mol. The lowest BCUT2D eigenvalue weighted by molar-refractivity contribution is -0.131. The van der Waals surface area contributed by atoms with Crippen LogP contribution in [0.3, 0.4) is 0 Å². The van der Waals surface area contributed by atoms with Gasteiger partial charge < -0.3 is 9.80 Å². The first-order valence-corrected chi connectivity index (χ1v) is 6.88. The SMILES string of the molecule is CC1NC2(CC2)C(=O)N1CC1CCCN(C)C1. The van der Waals surface area contributed by atoms with Gasteiger partial charge in [0.1, 0.15) is 0 Å². The molecular formula is C13H23N3O. The quantitative estimate of drug-likeness (QED) is 0.765. The zero-order chi connectivity index (χ0) is 12.0. The van der Waals surface area contributed by atoms with E-state index in [4.69, 9.17) is 0 Å². The van der Waals surface area contributed by atoms with Crippen molar-refractivity contribution in [2.24, 2.45) is 5.92 Å². The summed E-state index contributed by atoms with van der Waals surface area (Å²) in [7, 11) is 2.18. The van der Waals surface area contributed by atoms with Gasteiger partial charge in [0.25, 0.3) is 0 Å². The van der Waals surface area contributed by atoms with Crippen molar-refractivity contribution in [3.05, 3.63) is 0 Å². The van der Waals surface area contributed by atoms with Crippen LogP contribution < -0.4 is 5.32 Å². The number of carbonyl (C=O) groups excluding carboxylic acids is 1. The molecule has 1 spiro atoms. The number of likely N-dealkylation sites (tertiary alicyclic amines) is 1. The molecule has 0 aromatic carbocycles. The molecule has 0 bridgehead atoms. The number of amides is 1. The maximum atomic E-state index is 12.3. The van der Waals surface area contributed by atoms with Crippen LogP contribution in [0.25, 0.3) is 0 Å². The van der Waals surface area contributed by atoms with Gasteiger partial charge in [0.2, 0.25) is 5.91 Å². The average molecular weight is 237 g/mol. The van der Waals surface area contributed by atoms with Crippen LogP contribution >= 0.6 is 0 Å². The highest BCUT2D eigenvalue weighted by molar-refractivity contribution is 5.91. The number of hydrogen-bond donors (Lipinski definition) is 1. The Bertz CT molecular complexity index is 327. The molecule has 0 radical (unpaired) electrons. The zero-order valence-electron chi connectivity index (χ0n) is 10.9. The Labute approximate surface area is 103 Å². The molecule has 3 rings (SSSR count). The van der Waals surface area contributed by atoms with Crippen LogP contribution in [0.4, 0.5) is 0 Å². The molecule has 17 heavy (non-hydrogen) atoms. The molecule has 0 aromatic heterocycles. The van der Waals surface area contributed by atoms with Crippen LogP contribution in [0.5, 0.6) is 0 Å². The van der Waals surface area contributed by atoms with Crippen molar-refractivity contribution in [3.63, 3.8) is 0 Å². The van der Waals surface area contributed by atoms with E-state index in [0.717, 1.165) is 25.9 Å². The van der Waals surface area contributed by atoms with E-state index in [9.17, 15) is 4.79 Å². The van der Waals surface area contributed by atoms with Crippen molar-refractivity contribution >= 4 is 5.91 Å². The third-order valence-corrected chi connectivity index (χ3v) is 4.55. The summed E-state index contributed by atoms with van der Waals surface area (Å²) in [5.74, 6) is 1.02. The Morgan fingerprint density at radius 2 is 2.24 bits per heavy atom. The number of nitrogens with zero attached hydrogens (tertiary/aromatic N) is 2. The van der Waals surface area contributed by atoms with Crippen LogP contribution in [0.2, 0.25) is 0 Å². The molecule has 1 amide bonds. The highest BCUT2D eigenvalue weighted by atomic mass is 16.2. The fourth-order valence-corrected chi connectivity index (χ4v) is 3.41. The molecule has 1 saturated carbocycles. The van der Waals surface area contributed by atoms with Crippen molar-refractivity contribution in [2.45, 2.75) is 44.3 Å². The van der Waals surface area contributed by atoms with Gasteiger partial charge in [-0.05, 0) is 52.1 Å². The largest absolute Gasteiger partial charge is 0.325 e. The van der Waals surface area contributed by atoms with E-state index < -0.39 is 0 Å². The van der Waals surface area contributed by atoms with Gasteiger partial charge in [-0.15, -0.1) is 0 Å². The second-order valence-electron chi connectivity index (χ2n) is 6.13. The second kappa shape index (κ2) is 3.95. The van der Waals surface area contributed by atoms with Gasteiger partial charge in [-0.2, -0.15) is 0 Å². The lowest BCUT2D eigenvalue weighted by atomic mass is 9.97. The van der Waals surface area contributed by atoms with Gasteiger partial charge in [0.15, 0.2) is 0 Å². The molecule has 1 aliphatic carbocycles. The zero-order valence-corrected chi connectivity index (χ0v) is 10.9. The number of carbonyl (C=O) groups is 1. The highest BCUT2D eigenvalue weighted by Crippen LogP contribution is 2.42. The van der Waals surface area contributed by atoms with Crippen molar-refractivity contribution < 1.29 is 4.79 Å². The number of nitrogens with one attached hydrogen (secondary N) is 1. The van der Waals surface area contributed by atoms with E-state index in [0.29, 0.717) is 11.8 Å². The molecular weight excluding hydrogens is 214 g/mol. The van der Waals surface area contributed by atoms with E-state index in [1.165, 1.54) is 19.4 Å². The maximum absolute atomic E-state index is 12.3. The standard InChI is InChI=1S/C13H23N3O/c1-10-14-13(5-6-13)12(17)16(10)9-11-4-3-7-15(2)8-11/h10-11,14H,3-9H2,1-2H3. The van der Waals surface area contributed by atoms with Crippen molar-refractivity contribution in [1.29, 1.82) is 0 Å². The minimum Gasteiger partial charge on any atom is -0.325 e.